The highest BCUT2D eigenvalue weighted by atomic mass is 35.5. The fourth-order valence-corrected chi connectivity index (χ4v) is 1.84. The molecule has 0 aliphatic rings. The topological polar surface area (TPSA) is 93.1 Å². The number of carboxylic acid groups (broad SMARTS) is 2. The van der Waals surface area contributed by atoms with E-state index in [-0.39, 0.29) is 16.2 Å². The normalized spacial score (nSPS) is 11.0. The minimum absolute atomic E-state index is 0.157. The summed E-state index contributed by atoms with van der Waals surface area (Å²) in [6.07, 6.45) is 0. The molecule has 0 radical (unpaired) electrons. The van der Waals surface area contributed by atoms with Crippen molar-refractivity contribution in [2.75, 3.05) is 13.2 Å². The quantitative estimate of drug-likeness (QED) is 0.837. The van der Waals surface area contributed by atoms with E-state index >= 15 is 0 Å². The maximum atomic E-state index is 10.6. The van der Waals surface area contributed by atoms with Crippen LogP contribution in [0.5, 0.6) is 11.5 Å². The van der Waals surface area contributed by atoms with Gasteiger partial charge >= 0.3 is 11.9 Å². The third-order valence-corrected chi connectivity index (χ3v) is 2.84. The molecule has 0 aliphatic carbocycles. The van der Waals surface area contributed by atoms with Crippen molar-refractivity contribution in [3.05, 3.63) is 22.7 Å². The van der Waals surface area contributed by atoms with Gasteiger partial charge in [-0.15, -0.1) is 0 Å². The first kappa shape index (κ1) is 17.1. The second-order valence-corrected chi connectivity index (χ2v) is 5.80. The number of hydrogen-bond acceptors (Lipinski definition) is 4. The van der Waals surface area contributed by atoms with Gasteiger partial charge in [0.15, 0.2) is 13.2 Å². The van der Waals surface area contributed by atoms with Crippen LogP contribution in [0.15, 0.2) is 12.1 Å². The third-order valence-electron chi connectivity index (χ3n) is 2.54. The Hall–Kier alpha value is -1.95. The van der Waals surface area contributed by atoms with Gasteiger partial charge in [0.05, 0.1) is 5.02 Å². The smallest absolute Gasteiger partial charge is 0.341 e. The lowest BCUT2D eigenvalue weighted by Gasteiger charge is -2.24. The summed E-state index contributed by atoms with van der Waals surface area (Å²) in [5, 5.41) is 17.5. The Morgan fingerprint density at radius 2 is 1.52 bits per heavy atom. The summed E-state index contributed by atoms with van der Waals surface area (Å²) in [5.41, 5.74) is 0.313. The minimum atomic E-state index is -1.12. The number of benzene rings is 1. The molecule has 7 heteroatoms. The van der Waals surface area contributed by atoms with Gasteiger partial charge in [-0.2, -0.15) is 0 Å². The lowest BCUT2D eigenvalue weighted by atomic mass is 9.86. The Morgan fingerprint density at radius 1 is 1.05 bits per heavy atom. The Morgan fingerprint density at radius 3 is 1.95 bits per heavy atom. The van der Waals surface area contributed by atoms with E-state index in [0.717, 1.165) is 0 Å². The molecule has 0 atom stereocenters. The summed E-state index contributed by atoms with van der Waals surface area (Å²) < 4.78 is 10.3. The average Bonchev–Trinajstić information content (AvgIpc) is 2.33. The van der Waals surface area contributed by atoms with Gasteiger partial charge in [-0.25, -0.2) is 9.59 Å². The molecule has 1 aromatic carbocycles. The first-order valence-electron chi connectivity index (χ1n) is 6.14. The second kappa shape index (κ2) is 6.67. The lowest BCUT2D eigenvalue weighted by molar-refractivity contribution is -0.140. The van der Waals surface area contributed by atoms with E-state index in [0.29, 0.717) is 11.3 Å². The highest BCUT2D eigenvalue weighted by molar-refractivity contribution is 6.32. The van der Waals surface area contributed by atoms with Gasteiger partial charge in [-0.1, -0.05) is 32.4 Å². The van der Waals surface area contributed by atoms with Crippen LogP contribution in [0.4, 0.5) is 0 Å². The molecule has 0 amide bonds. The SMILES string of the molecule is CC(C)(C)c1cc(OCC(=O)O)c(Cl)cc1OCC(=O)O. The average molecular weight is 317 g/mol. The molecule has 1 aromatic rings. The van der Waals surface area contributed by atoms with Gasteiger partial charge in [-0.05, 0) is 11.5 Å². The molecule has 0 saturated heterocycles. The molecular weight excluding hydrogens is 300 g/mol. The van der Waals surface area contributed by atoms with Crippen molar-refractivity contribution in [3.8, 4) is 11.5 Å². The molecule has 0 fully saturated rings. The number of ether oxygens (including phenoxy) is 2. The van der Waals surface area contributed by atoms with Crippen molar-refractivity contribution < 1.29 is 29.3 Å². The van der Waals surface area contributed by atoms with Crippen molar-refractivity contribution in [1.82, 2.24) is 0 Å². The molecule has 21 heavy (non-hydrogen) atoms. The summed E-state index contributed by atoms with van der Waals surface area (Å²) in [6, 6.07) is 3.00. The zero-order valence-electron chi connectivity index (χ0n) is 12.0. The van der Waals surface area contributed by atoms with E-state index in [9.17, 15) is 9.59 Å². The number of carbonyl (C=O) groups is 2. The van der Waals surface area contributed by atoms with Crippen LogP contribution in [0.1, 0.15) is 26.3 Å². The highest BCUT2D eigenvalue weighted by Gasteiger charge is 2.22. The van der Waals surface area contributed by atoms with Crippen molar-refractivity contribution >= 4 is 23.5 Å². The third kappa shape index (κ3) is 5.15. The van der Waals surface area contributed by atoms with Gasteiger partial charge in [0.1, 0.15) is 11.5 Å². The van der Waals surface area contributed by atoms with E-state index in [1.165, 1.54) is 6.07 Å². The molecule has 2 N–H and O–H groups in total. The molecule has 0 bridgehead atoms. The van der Waals surface area contributed by atoms with Gasteiger partial charge in [-0.3, -0.25) is 0 Å². The molecule has 1 rings (SSSR count). The molecule has 0 spiro atoms. The molecule has 0 aromatic heterocycles. The van der Waals surface area contributed by atoms with Crippen LogP contribution in [0.25, 0.3) is 0 Å². The van der Waals surface area contributed by atoms with Gasteiger partial charge in [0.25, 0.3) is 0 Å². The summed E-state index contributed by atoms with van der Waals surface area (Å²) in [6.45, 7) is 4.72. The maximum absolute atomic E-state index is 10.6. The number of carboxylic acids is 2. The van der Waals surface area contributed by atoms with Crippen LogP contribution in [0.3, 0.4) is 0 Å². The summed E-state index contributed by atoms with van der Waals surface area (Å²) in [5.74, 6) is -1.67. The van der Waals surface area contributed by atoms with Gasteiger partial charge in [0.2, 0.25) is 0 Å². The van der Waals surface area contributed by atoms with E-state index in [1.807, 2.05) is 20.8 Å². The zero-order chi connectivity index (χ0) is 16.2. The number of rotatable bonds is 6. The molecular formula is C14H17ClO6. The first-order valence-corrected chi connectivity index (χ1v) is 6.52. The predicted molar refractivity (Wildman–Crippen MR) is 76.4 cm³/mol. The monoisotopic (exact) mass is 316 g/mol. The largest absolute Gasteiger partial charge is 0.482 e. The molecule has 0 aliphatic heterocycles. The second-order valence-electron chi connectivity index (χ2n) is 5.39. The van der Waals surface area contributed by atoms with Crippen molar-refractivity contribution in [2.45, 2.75) is 26.2 Å². The summed E-state index contributed by atoms with van der Waals surface area (Å²) in [7, 11) is 0. The standard InChI is InChI=1S/C14H17ClO6/c1-14(2,3)8-4-11(21-7-13(18)19)9(15)5-10(8)20-6-12(16)17/h4-5H,6-7H2,1-3H3,(H,16,17)(H,18,19). The fraction of sp³-hybridized carbons (Fsp3) is 0.429. The Kier molecular flexibility index (Phi) is 5.43. The number of halogens is 1. The first-order chi connectivity index (χ1) is 9.61. The molecule has 116 valence electrons. The zero-order valence-corrected chi connectivity index (χ0v) is 12.7. The van der Waals surface area contributed by atoms with E-state index in [4.69, 9.17) is 31.3 Å². The maximum Gasteiger partial charge on any atom is 0.341 e. The van der Waals surface area contributed by atoms with Crippen LogP contribution in [0, 0.1) is 0 Å². The highest BCUT2D eigenvalue weighted by Crippen LogP contribution is 2.39. The summed E-state index contributed by atoms with van der Waals surface area (Å²) >= 11 is 6.00. The van der Waals surface area contributed by atoms with E-state index in [2.05, 4.69) is 0 Å². The van der Waals surface area contributed by atoms with Crippen molar-refractivity contribution in [3.63, 3.8) is 0 Å². The number of aliphatic carboxylic acids is 2. The molecule has 0 heterocycles. The molecule has 6 nitrogen and oxygen atoms in total. The van der Waals surface area contributed by atoms with Crippen LogP contribution < -0.4 is 9.47 Å². The van der Waals surface area contributed by atoms with Gasteiger partial charge < -0.3 is 19.7 Å². The Bertz CT molecular complexity index is 547. The number of hydrogen-bond donors (Lipinski definition) is 2. The molecule has 0 saturated carbocycles. The van der Waals surface area contributed by atoms with Crippen LogP contribution in [0.2, 0.25) is 5.02 Å². The van der Waals surface area contributed by atoms with E-state index < -0.39 is 25.2 Å². The van der Waals surface area contributed by atoms with Crippen LogP contribution in [-0.2, 0) is 15.0 Å². The minimum Gasteiger partial charge on any atom is -0.482 e. The van der Waals surface area contributed by atoms with Crippen molar-refractivity contribution in [1.29, 1.82) is 0 Å². The summed E-state index contributed by atoms with van der Waals surface area (Å²) in [4.78, 5) is 21.2. The van der Waals surface area contributed by atoms with Crippen LogP contribution >= 0.6 is 11.6 Å². The fourth-order valence-electron chi connectivity index (χ4n) is 1.63. The lowest BCUT2D eigenvalue weighted by Crippen LogP contribution is -2.17. The van der Waals surface area contributed by atoms with Gasteiger partial charge in [0, 0.05) is 11.6 Å². The molecule has 0 unspecified atom stereocenters. The Labute approximate surface area is 127 Å². The predicted octanol–water partition coefficient (Wildman–Crippen LogP) is 2.56. The van der Waals surface area contributed by atoms with Crippen LogP contribution in [-0.4, -0.2) is 35.4 Å². The Balaban J connectivity index is 3.16. The van der Waals surface area contributed by atoms with E-state index in [1.54, 1.807) is 6.07 Å². The van der Waals surface area contributed by atoms with Crippen molar-refractivity contribution in [2.24, 2.45) is 0 Å².